The molecule has 1 unspecified atom stereocenters. The average molecular weight is 442 g/mol. The van der Waals surface area contributed by atoms with Crippen molar-refractivity contribution in [1.82, 2.24) is 9.47 Å². The highest BCUT2D eigenvalue weighted by Crippen LogP contribution is 2.30. The van der Waals surface area contributed by atoms with E-state index >= 15 is 0 Å². The molecule has 0 bridgehead atoms. The number of piperidine rings is 1. The number of thioether (sulfide) groups is 1. The van der Waals surface area contributed by atoms with Crippen LogP contribution in [-0.2, 0) is 4.74 Å². The molecular weight excluding hydrogens is 410 g/mol. The molecule has 3 heterocycles. The van der Waals surface area contributed by atoms with E-state index in [4.69, 9.17) is 14.5 Å². The van der Waals surface area contributed by atoms with Crippen molar-refractivity contribution in [2.24, 2.45) is 10.9 Å². The van der Waals surface area contributed by atoms with E-state index in [9.17, 15) is 4.79 Å². The standard InChI is InChI=1S/C24H31N3O3S/c1-24(2,3)30-23(28)27-14-10-18(11-15-27)22-25-19(17-31-22)16-29-21-8-6-20(7-9-21)26-12-4-5-13-26/h4-9,12-13,18-19H,10-11,14-17H2,1-3H3. The summed E-state index contributed by atoms with van der Waals surface area (Å²) >= 11 is 1.84. The summed E-state index contributed by atoms with van der Waals surface area (Å²) in [5, 5.41) is 1.22. The fourth-order valence-corrected chi connectivity index (χ4v) is 5.02. The molecule has 6 nitrogen and oxygen atoms in total. The zero-order chi connectivity index (χ0) is 21.8. The van der Waals surface area contributed by atoms with Crippen molar-refractivity contribution in [2.45, 2.75) is 45.3 Å². The number of aromatic nitrogens is 1. The predicted molar refractivity (Wildman–Crippen MR) is 125 cm³/mol. The topological polar surface area (TPSA) is 56.1 Å². The quantitative estimate of drug-likeness (QED) is 0.654. The maximum absolute atomic E-state index is 12.3. The number of carbonyl (C=O) groups is 1. The van der Waals surface area contributed by atoms with Crippen molar-refractivity contribution in [1.29, 1.82) is 0 Å². The average Bonchev–Trinajstić information content (AvgIpc) is 3.44. The van der Waals surface area contributed by atoms with Crippen molar-refractivity contribution >= 4 is 22.9 Å². The van der Waals surface area contributed by atoms with Gasteiger partial charge >= 0.3 is 6.09 Å². The summed E-state index contributed by atoms with van der Waals surface area (Å²) < 4.78 is 13.6. The molecule has 2 aliphatic rings. The lowest BCUT2D eigenvalue weighted by Gasteiger charge is -2.33. The zero-order valence-electron chi connectivity index (χ0n) is 18.5. The van der Waals surface area contributed by atoms with E-state index in [1.165, 1.54) is 5.04 Å². The van der Waals surface area contributed by atoms with Gasteiger partial charge in [-0.05, 0) is 70.0 Å². The van der Waals surface area contributed by atoms with E-state index in [-0.39, 0.29) is 12.1 Å². The second kappa shape index (κ2) is 9.39. The van der Waals surface area contributed by atoms with E-state index in [1.807, 2.05) is 74.1 Å². The summed E-state index contributed by atoms with van der Waals surface area (Å²) in [5.74, 6) is 2.27. The molecule has 1 fully saturated rings. The van der Waals surface area contributed by atoms with E-state index in [2.05, 4.69) is 16.7 Å². The summed E-state index contributed by atoms with van der Waals surface area (Å²) in [7, 11) is 0. The minimum absolute atomic E-state index is 0.188. The lowest BCUT2D eigenvalue weighted by Crippen LogP contribution is -2.42. The largest absolute Gasteiger partial charge is 0.491 e. The Labute approximate surface area is 188 Å². The van der Waals surface area contributed by atoms with Gasteiger partial charge in [0.2, 0.25) is 0 Å². The number of rotatable bonds is 5. The highest BCUT2D eigenvalue weighted by atomic mass is 32.2. The van der Waals surface area contributed by atoms with Crippen molar-refractivity contribution in [3.05, 3.63) is 48.8 Å². The van der Waals surface area contributed by atoms with E-state index in [0.29, 0.717) is 12.5 Å². The molecule has 1 saturated heterocycles. The number of nitrogens with zero attached hydrogens (tertiary/aromatic N) is 3. The molecule has 31 heavy (non-hydrogen) atoms. The van der Waals surface area contributed by atoms with E-state index < -0.39 is 5.60 Å². The number of aliphatic imine (C=N–C) groups is 1. The summed E-state index contributed by atoms with van der Waals surface area (Å²) in [6, 6.07) is 12.4. The van der Waals surface area contributed by atoms with Gasteiger partial charge in [0.15, 0.2) is 0 Å². The van der Waals surface area contributed by atoms with Gasteiger partial charge in [-0.25, -0.2) is 4.79 Å². The Morgan fingerprint density at radius 3 is 2.45 bits per heavy atom. The van der Waals surface area contributed by atoms with Gasteiger partial charge in [0, 0.05) is 42.8 Å². The van der Waals surface area contributed by atoms with Crippen LogP contribution in [0.25, 0.3) is 5.69 Å². The van der Waals surface area contributed by atoms with Gasteiger partial charge in [-0.3, -0.25) is 4.99 Å². The van der Waals surface area contributed by atoms with Crippen LogP contribution in [-0.4, -0.2) is 57.7 Å². The van der Waals surface area contributed by atoms with Crippen LogP contribution in [0.3, 0.4) is 0 Å². The number of amides is 1. The van der Waals surface area contributed by atoms with Crippen LogP contribution in [0, 0.1) is 5.92 Å². The van der Waals surface area contributed by atoms with Crippen LogP contribution in [0.4, 0.5) is 4.79 Å². The Bertz CT molecular complexity index is 895. The molecule has 1 aromatic heterocycles. The second-order valence-corrected chi connectivity index (χ2v) is 10.1. The SMILES string of the molecule is CC(C)(C)OC(=O)N1CCC(C2=NC(COc3ccc(-n4cccc4)cc3)CS2)CC1. The molecule has 4 rings (SSSR count). The molecule has 1 amide bonds. The minimum Gasteiger partial charge on any atom is -0.491 e. The van der Waals surface area contributed by atoms with Crippen LogP contribution in [0.1, 0.15) is 33.6 Å². The van der Waals surface area contributed by atoms with Crippen LogP contribution < -0.4 is 4.74 Å². The number of hydrogen-bond acceptors (Lipinski definition) is 5. The Morgan fingerprint density at radius 2 is 1.81 bits per heavy atom. The Hall–Kier alpha value is -2.41. The molecule has 0 saturated carbocycles. The zero-order valence-corrected chi connectivity index (χ0v) is 19.3. The van der Waals surface area contributed by atoms with Gasteiger partial charge in [-0.1, -0.05) is 0 Å². The Morgan fingerprint density at radius 1 is 1.13 bits per heavy atom. The van der Waals surface area contributed by atoms with Gasteiger partial charge in [-0.2, -0.15) is 0 Å². The lowest BCUT2D eigenvalue weighted by atomic mass is 9.98. The number of ether oxygens (including phenoxy) is 2. The summed E-state index contributed by atoms with van der Waals surface area (Å²) in [6.07, 6.45) is 5.74. The van der Waals surface area contributed by atoms with Crippen molar-refractivity contribution in [2.75, 3.05) is 25.4 Å². The highest BCUT2D eigenvalue weighted by molar-refractivity contribution is 8.14. The molecular formula is C24H31N3O3S. The first-order chi connectivity index (χ1) is 14.9. The third-order valence-corrected chi connectivity index (χ3v) is 6.70. The molecule has 0 spiro atoms. The molecule has 0 radical (unpaired) electrons. The fraction of sp³-hybridized carbons (Fsp3) is 0.500. The van der Waals surface area contributed by atoms with Gasteiger partial charge in [-0.15, -0.1) is 11.8 Å². The van der Waals surface area contributed by atoms with Crippen LogP contribution in [0.15, 0.2) is 53.8 Å². The third-order valence-electron chi connectivity index (χ3n) is 5.41. The minimum atomic E-state index is -0.449. The first-order valence-corrected chi connectivity index (χ1v) is 11.9. The van der Waals surface area contributed by atoms with Crippen LogP contribution in [0.5, 0.6) is 5.75 Å². The third kappa shape index (κ3) is 5.85. The number of hydrogen-bond donors (Lipinski definition) is 0. The normalized spacial score (nSPS) is 19.9. The Balaban J connectivity index is 1.24. The van der Waals surface area contributed by atoms with Gasteiger partial charge in [0.05, 0.1) is 11.1 Å². The molecule has 7 heteroatoms. The Kier molecular flexibility index (Phi) is 6.60. The number of likely N-dealkylation sites (tertiary alicyclic amines) is 1. The van der Waals surface area contributed by atoms with Crippen LogP contribution in [0.2, 0.25) is 0 Å². The molecule has 2 aromatic rings. The molecule has 166 valence electrons. The van der Waals surface area contributed by atoms with Crippen molar-refractivity contribution < 1.29 is 14.3 Å². The van der Waals surface area contributed by atoms with Gasteiger partial charge in [0.1, 0.15) is 18.0 Å². The maximum atomic E-state index is 12.3. The van der Waals surface area contributed by atoms with Crippen molar-refractivity contribution in [3.8, 4) is 11.4 Å². The molecule has 1 atom stereocenters. The lowest BCUT2D eigenvalue weighted by molar-refractivity contribution is 0.0202. The van der Waals surface area contributed by atoms with Crippen LogP contribution >= 0.6 is 11.8 Å². The smallest absolute Gasteiger partial charge is 0.410 e. The summed E-state index contributed by atoms with van der Waals surface area (Å²) in [4.78, 5) is 19.0. The fourth-order valence-electron chi connectivity index (χ4n) is 3.79. The summed E-state index contributed by atoms with van der Waals surface area (Å²) in [6.45, 7) is 7.76. The molecule has 0 N–H and O–H groups in total. The first-order valence-electron chi connectivity index (χ1n) is 10.9. The summed E-state index contributed by atoms with van der Waals surface area (Å²) in [5.41, 5.74) is 0.668. The first kappa shape index (κ1) is 21.8. The monoisotopic (exact) mass is 441 g/mol. The van der Waals surface area contributed by atoms with Crippen molar-refractivity contribution in [3.63, 3.8) is 0 Å². The number of benzene rings is 1. The maximum Gasteiger partial charge on any atom is 0.410 e. The second-order valence-electron chi connectivity index (χ2n) is 9.07. The molecule has 0 aliphatic carbocycles. The van der Waals surface area contributed by atoms with E-state index in [1.54, 1.807) is 0 Å². The highest BCUT2D eigenvalue weighted by Gasteiger charge is 2.31. The predicted octanol–water partition coefficient (Wildman–Crippen LogP) is 5.02. The molecule has 1 aromatic carbocycles. The molecule has 2 aliphatic heterocycles. The van der Waals surface area contributed by atoms with E-state index in [0.717, 1.165) is 43.1 Å². The van der Waals surface area contributed by atoms with Gasteiger partial charge < -0.3 is 18.9 Å². The van der Waals surface area contributed by atoms with Gasteiger partial charge in [0.25, 0.3) is 0 Å². The number of carbonyl (C=O) groups excluding carboxylic acids is 1.